The smallest absolute Gasteiger partial charge is 0.332 e. The van der Waals surface area contributed by atoms with Gasteiger partial charge in [0.15, 0.2) is 18.3 Å². The lowest BCUT2D eigenvalue weighted by Crippen LogP contribution is -2.60. The highest BCUT2D eigenvalue weighted by Gasteiger charge is 2.61. The third kappa shape index (κ3) is 8.98. The minimum atomic E-state index is -1.49. The second kappa shape index (κ2) is 17.1. The first-order valence-electron chi connectivity index (χ1n) is 21.4. The van der Waals surface area contributed by atoms with Crippen LogP contribution < -0.4 is 0 Å². The van der Waals surface area contributed by atoms with E-state index in [2.05, 4.69) is 34.6 Å². The SMILES string of the molecule is CC(C)CCCC(C)C1CCC2C3CCC4C[C@@H](OCC(=O)OC5[C@H](OC(=O)C6CC6)C(O)C[C@H](O)[C@H]5OC(=O)CCC(=O)O)CC[C@]4(C)C3CC[C@]12C. The van der Waals surface area contributed by atoms with Crippen LogP contribution in [0.2, 0.25) is 0 Å². The zero-order valence-corrected chi connectivity index (χ0v) is 33.4. The van der Waals surface area contributed by atoms with Gasteiger partial charge >= 0.3 is 23.9 Å². The zero-order valence-electron chi connectivity index (χ0n) is 33.4. The van der Waals surface area contributed by atoms with Gasteiger partial charge in [-0.3, -0.25) is 14.4 Å². The summed E-state index contributed by atoms with van der Waals surface area (Å²) in [6.07, 6.45) is 7.55. The Morgan fingerprint density at radius 2 is 1.37 bits per heavy atom. The van der Waals surface area contributed by atoms with Crippen molar-refractivity contribution in [3.63, 3.8) is 0 Å². The lowest BCUT2D eigenvalue weighted by Gasteiger charge is -2.61. The van der Waals surface area contributed by atoms with E-state index in [1.165, 1.54) is 57.8 Å². The summed E-state index contributed by atoms with van der Waals surface area (Å²) in [4.78, 5) is 49.5. The molecule has 0 amide bonds. The molecule has 0 bridgehead atoms. The van der Waals surface area contributed by atoms with Crippen LogP contribution in [0.25, 0.3) is 0 Å². The summed E-state index contributed by atoms with van der Waals surface area (Å²) in [6, 6.07) is 0. The zero-order chi connectivity index (χ0) is 38.9. The minimum absolute atomic E-state index is 0.112. The van der Waals surface area contributed by atoms with Crippen molar-refractivity contribution in [2.75, 3.05) is 6.61 Å². The maximum Gasteiger partial charge on any atom is 0.332 e. The quantitative estimate of drug-likeness (QED) is 0.121. The monoisotopic (exact) mass is 760 g/mol. The van der Waals surface area contributed by atoms with Crippen LogP contribution in [0.4, 0.5) is 0 Å². The number of carboxylic acid groups (broad SMARTS) is 1. The van der Waals surface area contributed by atoms with Gasteiger partial charge < -0.3 is 34.3 Å². The number of aliphatic hydroxyl groups is 2. The maximum atomic E-state index is 13.4. The molecule has 0 aromatic carbocycles. The largest absolute Gasteiger partial charge is 0.481 e. The van der Waals surface area contributed by atoms with E-state index in [0.29, 0.717) is 24.2 Å². The van der Waals surface area contributed by atoms with E-state index >= 15 is 0 Å². The summed E-state index contributed by atoms with van der Waals surface area (Å²) in [7, 11) is 0. The van der Waals surface area contributed by atoms with Crippen LogP contribution in [0.15, 0.2) is 0 Å². The molecule has 306 valence electrons. The highest BCUT2D eigenvalue weighted by Crippen LogP contribution is 2.68. The predicted molar refractivity (Wildman–Crippen MR) is 199 cm³/mol. The Labute approximate surface area is 322 Å². The summed E-state index contributed by atoms with van der Waals surface area (Å²) in [5, 5.41) is 30.6. The molecule has 6 fully saturated rings. The van der Waals surface area contributed by atoms with Gasteiger partial charge in [0.1, 0.15) is 6.61 Å². The number of esters is 3. The van der Waals surface area contributed by atoms with Crippen molar-refractivity contribution < 1.29 is 53.4 Å². The first kappa shape index (κ1) is 41.4. The van der Waals surface area contributed by atoms with Gasteiger partial charge in [0.2, 0.25) is 0 Å². The fourth-order valence-corrected chi connectivity index (χ4v) is 12.3. The number of aliphatic carboxylic acids is 1. The van der Waals surface area contributed by atoms with Gasteiger partial charge in [0.05, 0.1) is 37.1 Å². The number of rotatable bonds is 15. The Balaban J connectivity index is 1.04. The molecule has 0 aromatic rings. The molecule has 14 atom stereocenters. The van der Waals surface area contributed by atoms with Gasteiger partial charge in [0.25, 0.3) is 0 Å². The molecule has 6 saturated carbocycles. The number of aliphatic hydroxyl groups excluding tert-OH is 2. The number of carbonyl (C=O) groups excluding carboxylic acids is 3. The second-order valence-electron chi connectivity index (χ2n) is 19.2. The molecule has 0 heterocycles. The van der Waals surface area contributed by atoms with Gasteiger partial charge in [-0.05, 0) is 123 Å². The van der Waals surface area contributed by atoms with Gasteiger partial charge in [0, 0.05) is 6.42 Å². The van der Waals surface area contributed by atoms with E-state index < -0.39 is 67.2 Å². The number of carboxylic acids is 1. The number of ether oxygens (including phenoxy) is 4. The molecular formula is C43H68O11. The van der Waals surface area contributed by atoms with Crippen molar-refractivity contribution in [2.24, 2.45) is 58.2 Å². The van der Waals surface area contributed by atoms with Crippen molar-refractivity contribution in [3.05, 3.63) is 0 Å². The number of hydrogen-bond acceptors (Lipinski definition) is 10. The van der Waals surface area contributed by atoms with E-state index in [9.17, 15) is 29.4 Å². The average Bonchev–Trinajstić information content (AvgIpc) is 3.90. The summed E-state index contributed by atoms with van der Waals surface area (Å²) in [5.74, 6) is 1.52. The molecule has 11 heteroatoms. The lowest BCUT2D eigenvalue weighted by molar-refractivity contribution is -0.225. The van der Waals surface area contributed by atoms with Crippen molar-refractivity contribution in [2.45, 2.75) is 180 Å². The van der Waals surface area contributed by atoms with Crippen molar-refractivity contribution in [1.82, 2.24) is 0 Å². The third-order valence-electron chi connectivity index (χ3n) is 15.4. The van der Waals surface area contributed by atoms with Crippen molar-refractivity contribution in [1.29, 1.82) is 0 Å². The highest BCUT2D eigenvalue weighted by atomic mass is 16.6. The molecule has 0 spiro atoms. The van der Waals surface area contributed by atoms with E-state index in [-0.39, 0.29) is 30.5 Å². The molecule has 0 saturated heterocycles. The Hall–Kier alpha value is -2.24. The normalized spacial score (nSPS) is 40.9. The minimum Gasteiger partial charge on any atom is -0.481 e. The molecule has 3 N–H and O–H groups in total. The summed E-state index contributed by atoms with van der Waals surface area (Å²) >= 11 is 0. The number of carbonyl (C=O) groups is 4. The van der Waals surface area contributed by atoms with Crippen molar-refractivity contribution in [3.8, 4) is 0 Å². The van der Waals surface area contributed by atoms with Crippen LogP contribution in [0.1, 0.15) is 144 Å². The van der Waals surface area contributed by atoms with Gasteiger partial charge in [-0.25, -0.2) is 4.79 Å². The molecule has 0 aliphatic heterocycles. The van der Waals surface area contributed by atoms with Crippen LogP contribution >= 0.6 is 0 Å². The Morgan fingerprint density at radius 3 is 2.06 bits per heavy atom. The van der Waals surface area contributed by atoms with E-state index in [1.54, 1.807) is 0 Å². The summed E-state index contributed by atoms with van der Waals surface area (Å²) < 4.78 is 22.9. The molecule has 6 rings (SSSR count). The van der Waals surface area contributed by atoms with E-state index in [4.69, 9.17) is 24.1 Å². The van der Waals surface area contributed by atoms with Crippen LogP contribution in [0, 0.1) is 58.2 Å². The first-order chi connectivity index (χ1) is 25.6. The van der Waals surface area contributed by atoms with Crippen LogP contribution in [0.3, 0.4) is 0 Å². The molecule has 8 unspecified atom stereocenters. The topological polar surface area (TPSA) is 166 Å². The molecule has 0 aromatic heterocycles. The Morgan fingerprint density at radius 1 is 0.704 bits per heavy atom. The van der Waals surface area contributed by atoms with Crippen LogP contribution in [-0.4, -0.2) is 82.4 Å². The molecule has 6 aliphatic rings. The second-order valence-corrected chi connectivity index (χ2v) is 19.2. The van der Waals surface area contributed by atoms with E-state index in [0.717, 1.165) is 54.8 Å². The Kier molecular flexibility index (Phi) is 13.1. The molecule has 0 radical (unpaired) electrons. The van der Waals surface area contributed by atoms with E-state index in [1.807, 2.05) is 0 Å². The maximum absolute atomic E-state index is 13.4. The standard InChI is InChI=1S/C43H68O11/c1-24(2)7-6-8-25(3)30-13-14-31-29-12-11-27-21-28(17-19-42(27,4)32(29)18-20-43(30,31)5)51-23-37(49)53-40-38(52-36(48)16-15-35(46)47)33(44)22-34(45)39(40)54-41(50)26-9-10-26/h24-34,38-40,44-45H,6-23H2,1-5H3,(H,46,47)/t25?,27?,28-,29?,30?,31?,32?,33-,34?,38+,39+,40?,42-,43+/m0/s1. The first-order valence-corrected chi connectivity index (χ1v) is 21.4. The fraction of sp³-hybridized carbons (Fsp3) is 0.907. The van der Waals surface area contributed by atoms with Gasteiger partial charge in [-0.2, -0.15) is 0 Å². The average molecular weight is 761 g/mol. The molecule has 54 heavy (non-hydrogen) atoms. The molecule has 6 aliphatic carbocycles. The third-order valence-corrected chi connectivity index (χ3v) is 15.4. The molecule has 11 nitrogen and oxygen atoms in total. The Bertz CT molecular complexity index is 1350. The fourth-order valence-electron chi connectivity index (χ4n) is 12.3. The van der Waals surface area contributed by atoms with Gasteiger partial charge in [-0.15, -0.1) is 0 Å². The van der Waals surface area contributed by atoms with Crippen LogP contribution in [0.5, 0.6) is 0 Å². The van der Waals surface area contributed by atoms with Crippen LogP contribution in [-0.2, 0) is 38.1 Å². The molecular weight excluding hydrogens is 692 g/mol. The number of hydrogen-bond donors (Lipinski definition) is 3. The highest BCUT2D eigenvalue weighted by molar-refractivity contribution is 5.77. The summed E-state index contributed by atoms with van der Waals surface area (Å²) in [5.41, 5.74) is 0.716. The summed E-state index contributed by atoms with van der Waals surface area (Å²) in [6.45, 7) is 12.0. The predicted octanol–water partition coefficient (Wildman–Crippen LogP) is 6.63. The van der Waals surface area contributed by atoms with Gasteiger partial charge in [-0.1, -0.05) is 53.9 Å². The van der Waals surface area contributed by atoms with Crippen molar-refractivity contribution >= 4 is 23.9 Å². The lowest BCUT2D eigenvalue weighted by atomic mass is 9.44. The number of fused-ring (bicyclic) bond motifs is 5.